The predicted octanol–water partition coefficient (Wildman–Crippen LogP) is 0.670. The average molecular weight is 211 g/mol. The van der Waals surface area contributed by atoms with Gasteiger partial charge in [0.15, 0.2) is 0 Å². The molecule has 0 aromatic rings. The van der Waals surface area contributed by atoms with Gasteiger partial charge < -0.3 is 15.5 Å². The highest BCUT2D eigenvalue weighted by Gasteiger charge is 2.21. The van der Waals surface area contributed by atoms with Crippen LogP contribution in [0.5, 0.6) is 0 Å². The Balaban J connectivity index is 1.72. The molecule has 0 spiro atoms. The van der Waals surface area contributed by atoms with E-state index in [0.717, 1.165) is 12.0 Å². The Bertz CT molecular complexity index is 172. The molecular weight excluding hydrogens is 186 g/mol. The van der Waals surface area contributed by atoms with E-state index in [0.29, 0.717) is 0 Å². The number of hydrogen-bond donors (Lipinski definition) is 2. The molecule has 3 heteroatoms. The van der Waals surface area contributed by atoms with Crippen LogP contribution in [0.4, 0.5) is 0 Å². The first kappa shape index (κ1) is 11.4. The van der Waals surface area contributed by atoms with E-state index in [9.17, 15) is 0 Å². The molecule has 0 aromatic carbocycles. The molecular formula is C12H25N3. The summed E-state index contributed by atoms with van der Waals surface area (Å²) in [4.78, 5) is 2.61. The van der Waals surface area contributed by atoms with Crippen molar-refractivity contribution in [3.8, 4) is 0 Å². The van der Waals surface area contributed by atoms with Gasteiger partial charge in [0.1, 0.15) is 0 Å². The summed E-state index contributed by atoms with van der Waals surface area (Å²) in [5.41, 5.74) is 0. The quantitative estimate of drug-likeness (QED) is 0.718. The lowest BCUT2D eigenvalue weighted by Crippen LogP contribution is -2.44. The SMILES string of the molecule is CN(CC1CCNCC1)C1CCNCC1. The Morgan fingerprint density at radius 1 is 0.933 bits per heavy atom. The molecule has 0 radical (unpaired) electrons. The first-order chi connectivity index (χ1) is 7.36. The van der Waals surface area contributed by atoms with Crippen molar-refractivity contribution in [1.82, 2.24) is 15.5 Å². The largest absolute Gasteiger partial charge is 0.317 e. The predicted molar refractivity (Wildman–Crippen MR) is 64.1 cm³/mol. The Hall–Kier alpha value is -0.120. The second-order valence-electron chi connectivity index (χ2n) is 5.11. The number of nitrogens with one attached hydrogen (secondary N) is 2. The normalized spacial score (nSPS) is 26.0. The molecule has 0 saturated carbocycles. The molecule has 88 valence electrons. The summed E-state index contributed by atoms with van der Waals surface area (Å²) in [6.07, 6.45) is 5.41. The Kier molecular flexibility index (Phi) is 4.42. The van der Waals surface area contributed by atoms with Crippen LogP contribution in [0.15, 0.2) is 0 Å². The summed E-state index contributed by atoms with van der Waals surface area (Å²) in [6, 6.07) is 0.834. The van der Waals surface area contributed by atoms with Gasteiger partial charge in [-0.1, -0.05) is 0 Å². The van der Waals surface area contributed by atoms with Gasteiger partial charge in [-0.05, 0) is 64.8 Å². The van der Waals surface area contributed by atoms with E-state index in [2.05, 4.69) is 22.6 Å². The van der Waals surface area contributed by atoms with Crippen LogP contribution in [0.25, 0.3) is 0 Å². The number of piperidine rings is 2. The van der Waals surface area contributed by atoms with E-state index in [-0.39, 0.29) is 0 Å². The standard InChI is InChI=1S/C12H25N3/c1-15(12-4-8-14-9-5-12)10-11-2-6-13-7-3-11/h11-14H,2-10H2,1H3. The van der Waals surface area contributed by atoms with Crippen LogP contribution < -0.4 is 10.6 Å². The highest BCUT2D eigenvalue weighted by atomic mass is 15.1. The minimum Gasteiger partial charge on any atom is -0.317 e. The van der Waals surface area contributed by atoms with Gasteiger partial charge in [-0.3, -0.25) is 0 Å². The Morgan fingerprint density at radius 2 is 1.47 bits per heavy atom. The zero-order valence-corrected chi connectivity index (χ0v) is 9.97. The first-order valence-corrected chi connectivity index (χ1v) is 6.48. The fraction of sp³-hybridized carbons (Fsp3) is 1.00. The Labute approximate surface area is 93.6 Å². The summed E-state index contributed by atoms with van der Waals surface area (Å²) in [5, 5.41) is 6.88. The minimum absolute atomic E-state index is 0.834. The molecule has 2 N–H and O–H groups in total. The van der Waals surface area contributed by atoms with E-state index in [1.54, 1.807) is 0 Å². The van der Waals surface area contributed by atoms with Gasteiger partial charge in [-0.2, -0.15) is 0 Å². The van der Waals surface area contributed by atoms with Crippen molar-refractivity contribution in [1.29, 1.82) is 0 Å². The maximum absolute atomic E-state index is 3.44. The van der Waals surface area contributed by atoms with Crippen LogP contribution in [-0.4, -0.2) is 50.7 Å². The van der Waals surface area contributed by atoms with Crippen LogP contribution in [-0.2, 0) is 0 Å². The third-order valence-electron chi connectivity index (χ3n) is 3.94. The second kappa shape index (κ2) is 5.83. The fourth-order valence-electron chi connectivity index (χ4n) is 2.87. The summed E-state index contributed by atoms with van der Waals surface area (Å²) in [5.74, 6) is 0.936. The topological polar surface area (TPSA) is 27.3 Å². The molecule has 0 aromatic heterocycles. The van der Waals surface area contributed by atoms with Crippen molar-refractivity contribution in [3.63, 3.8) is 0 Å². The molecule has 2 aliphatic heterocycles. The van der Waals surface area contributed by atoms with Gasteiger partial charge >= 0.3 is 0 Å². The van der Waals surface area contributed by atoms with E-state index in [1.807, 2.05) is 0 Å². The summed E-state index contributed by atoms with van der Waals surface area (Å²) < 4.78 is 0. The molecule has 15 heavy (non-hydrogen) atoms. The molecule has 3 nitrogen and oxygen atoms in total. The van der Waals surface area contributed by atoms with Crippen LogP contribution in [0.1, 0.15) is 25.7 Å². The van der Waals surface area contributed by atoms with Crippen molar-refractivity contribution in [3.05, 3.63) is 0 Å². The average Bonchev–Trinajstić information content (AvgIpc) is 2.31. The molecule has 2 aliphatic rings. The number of nitrogens with zero attached hydrogens (tertiary/aromatic N) is 1. The molecule has 2 rings (SSSR count). The van der Waals surface area contributed by atoms with E-state index < -0.39 is 0 Å². The molecule has 2 saturated heterocycles. The zero-order chi connectivity index (χ0) is 10.5. The maximum Gasteiger partial charge on any atom is 0.0116 e. The highest BCUT2D eigenvalue weighted by Crippen LogP contribution is 2.17. The summed E-state index contributed by atoms with van der Waals surface area (Å²) >= 11 is 0. The maximum atomic E-state index is 3.44. The number of hydrogen-bond acceptors (Lipinski definition) is 3. The van der Waals surface area contributed by atoms with E-state index >= 15 is 0 Å². The molecule has 0 aliphatic carbocycles. The summed E-state index contributed by atoms with van der Waals surface area (Å²) in [6.45, 7) is 6.18. The van der Waals surface area contributed by atoms with Crippen LogP contribution >= 0.6 is 0 Å². The molecule has 2 fully saturated rings. The van der Waals surface area contributed by atoms with Gasteiger partial charge in [0.2, 0.25) is 0 Å². The molecule has 0 bridgehead atoms. The lowest BCUT2D eigenvalue weighted by Gasteiger charge is -2.35. The van der Waals surface area contributed by atoms with E-state index in [4.69, 9.17) is 0 Å². The van der Waals surface area contributed by atoms with Crippen molar-refractivity contribution >= 4 is 0 Å². The first-order valence-electron chi connectivity index (χ1n) is 6.48. The van der Waals surface area contributed by atoms with Crippen LogP contribution in [0.3, 0.4) is 0 Å². The number of rotatable bonds is 3. The van der Waals surface area contributed by atoms with Gasteiger partial charge in [0.05, 0.1) is 0 Å². The zero-order valence-electron chi connectivity index (χ0n) is 9.97. The third-order valence-corrected chi connectivity index (χ3v) is 3.94. The molecule has 2 heterocycles. The van der Waals surface area contributed by atoms with Crippen molar-refractivity contribution in [2.45, 2.75) is 31.7 Å². The van der Waals surface area contributed by atoms with Crippen LogP contribution in [0.2, 0.25) is 0 Å². The minimum atomic E-state index is 0.834. The molecule has 0 amide bonds. The molecule has 0 atom stereocenters. The Morgan fingerprint density at radius 3 is 2.07 bits per heavy atom. The lowest BCUT2D eigenvalue weighted by atomic mass is 9.96. The van der Waals surface area contributed by atoms with Crippen LogP contribution in [0, 0.1) is 5.92 Å². The van der Waals surface area contributed by atoms with Crippen molar-refractivity contribution < 1.29 is 0 Å². The monoisotopic (exact) mass is 211 g/mol. The second-order valence-corrected chi connectivity index (χ2v) is 5.11. The van der Waals surface area contributed by atoms with Gasteiger partial charge in [0, 0.05) is 12.6 Å². The molecule has 0 unspecified atom stereocenters. The third kappa shape index (κ3) is 3.44. The van der Waals surface area contributed by atoms with Crippen molar-refractivity contribution in [2.24, 2.45) is 5.92 Å². The lowest BCUT2D eigenvalue weighted by molar-refractivity contribution is 0.158. The highest BCUT2D eigenvalue weighted by molar-refractivity contribution is 4.79. The van der Waals surface area contributed by atoms with Gasteiger partial charge in [0.25, 0.3) is 0 Å². The summed E-state index contributed by atoms with van der Waals surface area (Å²) in [7, 11) is 2.32. The van der Waals surface area contributed by atoms with Gasteiger partial charge in [-0.25, -0.2) is 0 Å². The van der Waals surface area contributed by atoms with Crippen molar-refractivity contribution in [2.75, 3.05) is 39.8 Å². The fourth-order valence-corrected chi connectivity index (χ4v) is 2.87. The van der Waals surface area contributed by atoms with E-state index in [1.165, 1.54) is 58.4 Å². The van der Waals surface area contributed by atoms with Gasteiger partial charge in [-0.15, -0.1) is 0 Å². The smallest absolute Gasteiger partial charge is 0.0116 e.